The van der Waals surface area contributed by atoms with E-state index in [1.165, 1.54) is 11.1 Å². The summed E-state index contributed by atoms with van der Waals surface area (Å²) in [6.45, 7) is 8.97. The summed E-state index contributed by atoms with van der Waals surface area (Å²) in [6.07, 6.45) is 0. The molecular formula is C12H17I. The van der Waals surface area contributed by atoms with E-state index in [-0.39, 0.29) is 0 Å². The van der Waals surface area contributed by atoms with E-state index in [0.29, 0.717) is 9.34 Å². The molecule has 0 bridgehead atoms. The van der Waals surface area contributed by atoms with Gasteiger partial charge in [0.15, 0.2) is 0 Å². The van der Waals surface area contributed by atoms with E-state index >= 15 is 0 Å². The summed E-state index contributed by atoms with van der Waals surface area (Å²) in [6, 6.07) is 8.85. The minimum Gasteiger partial charge on any atom is -0.0788 e. The van der Waals surface area contributed by atoms with Gasteiger partial charge in [-0.1, -0.05) is 73.2 Å². The minimum absolute atomic E-state index is 0.326. The number of halogens is 1. The molecule has 0 aromatic heterocycles. The first kappa shape index (κ1) is 11.0. The highest BCUT2D eigenvalue weighted by Crippen LogP contribution is 2.34. The Morgan fingerprint density at radius 3 is 2.00 bits per heavy atom. The van der Waals surface area contributed by atoms with Crippen molar-refractivity contribution in [1.29, 1.82) is 0 Å². The van der Waals surface area contributed by atoms with Crippen LogP contribution >= 0.6 is 22.6 Å². The lowest BCUT2D eigenvalue weighted by Gasteiger charge is -2.25. The zero-order valence-electron chi connectivity index (χ0n) is 8.76. The van der Waals surface area contributed by atoms with Gasteiger partial charge in [-0.2, -0.15) is 0 Å². The Bertz CT molecular complexity index is 266. The van der Waals surface area contributed by atoms with Crippen LogP contribution in [0.25, 0.3) is 0 Å². The monoisotopic (exact) mass is 288 g/mol. The van der Waals surface area contributed by atoms with Crippen LogP contribution in [0.1, 0.15) is 37.8 Å². The third-order valence-electron chi connectivity index (χ3n) is 2.61. The summed E-state index contributed by atoms with van der Waals surface area (Å²) < 4.78 is 0.326. The Kier molecular flexibility index (Phi) is 3.38. The average molecular weight is 288 g/mol. The second kappa shape index (κ2) is 3.99. The van der Waals surface area contributed by atoms with Crippen molar-refractivity contribution in [2.24, 2.45) is 0 Å². The summed E-state index contributed by atoms with van der Waals surface area (Å²) in [5, 5.41) is 0. The van der Waals surface area contributed by atoms with Gasteiger partial charge in [0.1, 0.15) is 0 Å². The highest BCUT2D eigenvalue weighted by atomic mass is 127. The van der Waals surface area contributed by atoms with Gasteiger partial charge in [0.25, 0.3) is 0 Å². The molecule has 0 amide bonds. The van der Waals surface area contributed by atoms with Crippen molar-refractivity contribution in [3.63, 3.8) is 0 Å². The molecule has 72 valence electrons. The van der Waals surface area contributed by atoms with E-state index in [1.807, 2.05) is 0 Å². The van der Waals surface area contributed by atoms with Gasteiger partial charge < -0.3 is 0 Å². The van der Waals surface area contributed by atoms with Crippen LogP contribution in [0, 0.1) is 6.92 Å². The van der Waals surface area contributed by atoms with Crippen LogP contribution in [-0.2, 0) is 0 Å². The molecule has 0 aliphatic carbocycles. The molecule has 0 aliphatic heterocycles. The maximum atomic E-state index is 2.51. The molecule has 13 heavy (non-hydrogen) atoms. The van der Waals surface area contributed by atoms with Crippen LogP contribution in [0.15, 0.2) is 24.3 Å². The van der Waals surface area contributed by atoms with E-state index in [4.69, 9.17) is 0 Å². The summed E-state index contributed by atoms with van der Waals surface area (Å²) in [7, 11) is 0. The number of rotatable bonds is 2. The first-order valence-corrected chi connectivity index (χ1v) is 5.74. The SMILES string of the molecule is Cc1ccc(C(C)C(C)(C)I)cc1. The van der Waals surface area contributed by atoms with Gasteiger partial charge in [-0.05, 0) is 18.4 Å². The van der Waals surface area contributed by atoms with Crippen molar-refractivity contribution in [2.75, 3.05) is 0 Å². The molecule has 0 radical (unpaired) electrons. The standard InChI is InChI=1S/C12H17I/c1-9-5-7-11(8-6-9)10(2)12(3,4)13/h5-8,10H,1-4H3. The van der Waals surface area contributed by atoms with E-state index in [2.05, 4.69) is 74.6 Å². The highest BCUT2D eigenvalue weighted by molar-refractivity contribution is 14.1. The average Bonchev–Trinajstić information content (AvgIpc) is 2.03. The van der Waals surface area contributed by atoms with Crippen molar-refractivity contribution in [3.8, 4) is 0 Å². The quantitative estimate of drug-likeness (QED) is 0.562. The van der Waals surface area contributed by atoms with Crippen LogP contribution in [0.4, 0.5) is 0 Å². The lowest BCUT2D eigenvalue weighted by Crippen LogP contribution is -2.18. The van der Waals surface area contributed by atoms with Gasteiger partial charge in [-0.25, -0.2) is 0 Å². The summed E-state index contributed by atoms with van der Waals surface area (Å²) in [5.74, 6) is 0.605. The Morgan fingerprint density at radius 1 is 1.15 bits per heavy atom. The number of hydrogen-bond acceptors (Lipinski definition) is 0. The third-order valence-corrected chi connectivity index (χ3v) is 3.54. The predicted molar refractivity (Wildman–Crippen MR) is 67.7 cm³/mol. The molecule has 0 nitrogen and oxygen atoms in total. The van der Waals surface area contributed by atoms with Crippen molar-refractivity contribution in [3.05, 3.63) is 35.4 Å². The Labute approximate surface area is 94.9 Å². The topological polar surface area (TPSA) is 0 Å². The molecule has 0 saturated carbocycles. The second-order valence-electron chi connectivity index (χ2n) is 4.20. The first-order chi connectivity index (χ1) is 5.91. The molecule has 1 aromatic rings. The molecule has 0 aliphatic rings. The molecule has 1 rings (SSSR count). The molecule has 1 aromatic carbocycles. The molecule has 0 saturated heterocycles. The smallest absolute Gasteiger partial charge is 0.0231 e. The maximum absolute atomic E-state index is 2.51. The fraction of sp³-hybridized carbons (Fsp3) is 0.500. The van der Waals surface area contributed by atoms with Crippen molar-refractivity contribution < 1.29 is 0 Å². The molecule has 0 N–H and O–H groups in total. The van der Waals surface area contributed by atoms with Gasteiger partial charge >= 0.3 is 0 Å². The fourth-order valence-corrected chi connectivity index (χ4v) is 1.61. The van der Waals surface area contributed by atoms with Gasteiger partial charge in [-0.3, -0.25) is 0 Å². The number of aryl methyl sites for hydroxylation is 1. The lowest BCUT2D eigenvalue weighted by molar-refractivity contribution is 0.614. The Balaban J connectivity index is 2.90. The zero-order chi connectivity index (χ0) is 10.1. The van der Waals surface area contributed by atoms with E-state index in [0.717, 1.165) is 0 Å². The van der Waals surface area contributed by atoms with Gasteiger partial charge in [0, 0.05) is 3.42 Å². The molecular weight excluding hydrogens is 271 g/mol. The maximum Gasteiger partial charge on any atom is 0.0231 e. The summed E-state index contributed by atoms with van der Waals surface area (Å²) >= 11 is 2.51. The van der Waals surface area contributed by atoms with Crippen molar-refractivity contribution in [2.45, 2.75) is 37.0 Å². The molecule has 0 fully saturated rings. The van der Waals surface area contributed by atoms with Crippen LogP contribution < -0.4 is 0 Å². The van der Waals surface area contributed by atoms with Crippen LogP contribution in [-0.4, -0.2) is 3.42 Å². The Morgan fingerprint density at radius 2 is 1.62 bits per heavy atom. The summed E-state index contributed by atoms with van der Waals surface area (Å²) in [4.78, 5) is 0. The summed E-state index contributed by atoms with van der Waals surface area (Å²) in [5.41, 5.74) is 2.77. The Hall–Kier alpha value is -0.0500. The van der Waals surface area contributed by atoms with Crippen molar-refractivity contribution >= 4 is 22.6 Å². The molecule has 0 spiro atoms. The predicted octanol–water partition coefficient (Wildman–Crippen LogP) is 4.31. The van der Waals surface area contributed by atoms with Crippen molar-refractivity contribution in [1.82, 2.24) is 0 Å². The fourth-order valence-electron chi connectivity index (χ4n) is 1.25. The number of benzene rings is 1. The largest absolute Gasteiger partial charge is 0.0788 e. The van der Waals surface area contributed by atoms with E-state index in [9.17, 15) is 0 Å². The minimum atomic E-state index is 0.326. The first-order valence-electron chi connectivity index (χ1n) is 4.67. The molecule has 0 heterocycles. The highest BCUT2D eigenvalue weighted by Gasteiger charge is 2.22. The molecule has 1 heteroatoms. The van der Waals surface area contributed by atoms with Gasteiger partial charge in [0.2, 0.25) is 0 Å². The zero-order valence-corrected chi connectivity index (χ0v) is 10.9. The normalized spacial score (nSPS) is 14.2. The van der Waals surface area contributed by atoms with E-state index < -0.39 is 0 Å². The third kappa shape index (κ3) is 2.97. The number of alkyl halides is 1. The second-order valence-corrected chi connectivity index (χ2v) is 6.98. The van der Waals surface area contributed by atoms with E-state index in [1.54, 1.807) is 0 Å². The van der Waals surface area contributed by atoms with Crippen LogP contribution in [0.2, 0.25) is 0 Å². The number of hydrogen-bond donors (Lipinski definition) is 0. The van der Waals surface area contributed by atoms with Gasteiger partial charge in [0.05, 0.1) is 0 Å². The molecule has 1 unspecified atom stereocenters. The van der Waals surface area contributed by atoms with Crippen LogP contribution in [0.5, 0.6) is 0 Å². The van der Waals surface area contributed by atoms with Crippen LogP contribution in [0.3, 0.4) is 0 Å². The molecule has 1 atom stereocenters. The lowest BCUT2D eigenvalue weighted by atomic mass is 9.90. The van der Waals surface area contributed by atoms with Gasteiger partial charge in [-0.15, -0.1) is 0 Å².